The van der Waals surface area contributed by atoms with Gasteiger partial charge < -0.3 is 5.32 Å². The molecule has 2 nitrogen and oxygen atoms in total. The summed E-state index contributed by atoms with van der Waals surface area (Å²) in [5.41, 5.74) is 2.53. The first-order chi connectivity index (χ1) is 8.31. The van der Waals surface area contributed by atoms with Gasteiger partial charge in [0.1, 0.15) is 0 Å². The lowest BCUT2D eigenvalue weighted by Gasteiger charge is -2.32. The molecule has 0 saturated heterocycles. The highest BCUT2D eigenvalue weighted by atomic mass is 14.9. The lowest BCUT2D eigenvalue weighted by molar-refractivity contribution is 0.328. The quantitative estimate of drug-likeness (QED) is 0.860. The molecule has 2 atom stereocenters. The van der Waals surface area contributed by atoms with Crippen LogP contribution in [0.4, 0.5) is 0 Å². The van der Waals surface area contributed by atoms with E-state index >= 15 is 0 Å². The van der Waals surface area contributed by atoms with Crippen LogP contribution in [-0.4, -0.2) is 17.6 Å². The average Bonchev–Trinajstić information content (AvgIpc) is 2.38. The van der Waals surface area contributed by atoms with Crippen LogP contribution in [0.15, 0.2) is 18.3 Å². The van der Waals surface area contributed by atoms with Crippen LogP contribution in [0.1, 0.15) is 56.2 Å². The highest BCUT2D eigenvalue weighted by Gasteiger charge is 2.25. The van der Waals surface area contributed by atoms with Gasteiger partial charge in [-0.3, -0.25) is 4.98 Å². The van der Waals surface area contributed by atoms with Crippen molar-refractivity contribution >= 4 is 0 Å². The van der Waals surface area contributed by atoms with Crippen molar-refractivity contribution < 1.29 is 0 Å². The van der Waals surface area contributed by atoms with Crippen LogP contribution < -0.4 is 5.32 Å². The number of nitrogens with one attached hydrogen (secondary N) is 1. The number of nitrogens with zero attached hydrogens (tertiary/aromatic N) is 1. The van der Waals surface area contributed by atoms with Gasteiger partial charge in [0.05, 0.1) is 0 Å². The second-order valence-corrected chi connectivity index (χ2v) is 5.18. The van der Waals surface area contributed by atoms with Crippen LogP contribution >= 0.6 is 0 Å². The molecule has 1 aromatic rings. The summed E-state index contributed by atoms with van der Waals surface area (Å²) in [6.07, 6.45) is 8.66. The van der Waals surface area contributed by atoms with Gasteiger partial charge in [-0.15, -0.1) is 0 Å². The Morgan fingerprint density at radius 1 is 1.29 bits per heavy atom. The fourth-order valence-electron chi connectivity index (χ4n) is 2.80. The number of hydrogen-bond donors (Lipinski definition) is 1. The van der Waals surface area contributed by atoms with Gasteiger partial charge in [-0.1, -0.05) is 25.8 Å². The molecule has 1 aliphatic carbocycles. The second-order valence-electron chi connectivity index (χ2n) is 5.18. The van der Waals surface area contributed by atoms with Gasteiger partial charge in [-0.05, 0) is 44.4 Å². The number of rotatable bonds is 4. The summed E-state index contributed by atoms with van der Waals surface area (Å²) < 4.78 is 0. The fourth-order valence-corrected chi connectivity index (χ4v) is 2.80. The molecular weight excluding hydrogens is 208 g/mol. The van der Waals surface area contributed by atoms with Crippen molar-refractivity contribution in [1.82, 2.24) is 10.3 Å². The zero-order valence-electron chi connectivity index (χ0n) is 11.1. The zero-order valence-corrected chi connectivity index (χ0v) is 11.1. The third-order valence-corrected chi connectivity index (χ3v) is 3.78. The fraction of sp³-hybridized carbons (Fsp3) is 0.667. The highest BCUT2D eigenvalue weighted by molar-refractivity contribution is 5.20. The van der Waals surface area contributed by atoms with Crippen molar-refractivity contribution in [2.75, 3.05) is 6.54 Å². The van der Waals surface area contributed by atoms with Crippen molar-refractivity contribution in [1.29, 1.82) is 0 Å². The van der Waals surface area contributed by atoms with Crippen LogP contribution in [-0.2, 0) is 0 Å². The average molecular weight is 232 g/mol. The van der Waals surface area contributed by atoms with Crippen LogP contribution in [0.2, 0.25) is 0 Å². The minimum Gasteiger partial charge on any atom is -0.313 e. The molecule has 0 radical (unpaired) electrons. The Kier molecular flexibility index (Phi) is 4.55. The number of aromatic nitrogens is 1. The van der Waals surface area contributed by atoms with Crippen LogP contribution in [0.5, 0.6) is 0 Å². The van der Waals surface area contributed by atoms with E-state index in [1.807, 2.05) is 0 Å². The van der Waals surface area contributed by atoms with Crippen LogP contribution in [0.3, 0.4) is 0 Å². The molecule has 0 aliphatic heterocycles. The monoisotopic (exact) mass is 232 g/mol. The molecule has 0 amide bonds. The van der Waals surface area contributed by atoms with Gasteiger partial charge in [0.2, 0.25) is 0 Å². The summed E-state index contributed by atoms with van der Waals surface area (Å²) in [4.78, 5) is 4.44. The van der Waals surface area contributed by atoms with Gasteiger partial charge in [0.15, 0.2) is 0 Å². The van der Waals surface area contributed by atoms with Crippen molar-refractivity contribution in [3.05, 3.63) is 29.6 Å². The van der Waals surface area contributed by atoms with Crippen LogP contribution in [0, 0.1) is 6.92 Å². The minimum atomic E-state index is 0.660. The van der Waals surface area contributed by atoms with E-state index in [-0.39, 0.29) is 0 Å². The third-order valence-electron chi connectivity index (χ3n) is 3.78. The van der Waals surface area contributed by atoms with E-state index < -0.39 is 0 Å². The molecule has 1 N–H and O–H groups in total. The van der Waals surface area contributed by atoms with Crippen molar-refractivity contribution in [2.24, 2.45) is 0 Å². The second kappa shape index (κ2) is 6.15. The molecule has 17 heavy (non-hydrogen) atoms. The molecule has 2 unspecified atom stereocenters. The topological polar surface area (TPSA) is 24.9 Å². The Labute approximate surface area is 105 Å². The normalized spacial score (nSPS) is 24.8. The summed E-state index contributed by atoms with van der Waals surface area (Å²) in [6, 6.07) is 5.06. The molecule has 0 spiro atoms. The molecule has 0 aromatic carbocycles. The lowest BCUT2D eigenvalue weighted by Crippen LogP contribution is -2.37. The highest BCUT2D eigenvalue weighted by Crippen LogP contribution is 2.32. The Morgan fingerprint density at radius 2 is 2.12 bits per heavy atom. The molecule has 1 saturated carbocycles. The van der Waals surface area contributed by atoms with Crippen molar-refractivity contribution in [3.63, 3.8) is 0 Å². The number of pyridine rings is 1. The Hall–Kier alpha value is -0.890. The lowest BCUT2D eigenvalue weighted by atomic mass is 9.80. The predicted molar refractivity (Wildman–Crippen MR) is 72.3 cm³/mol. The van der Waals surface area contributed by atoms with Crippen molar-refractivity contribution in [3.8, 4) is 0 Å². The van der Waals surface area contributed by atoms with Gasteiger partial charge in [-0.2, -0.15) is 0 Å². The molecular formula is C15H24N2. The molecule has 94 valence electrons. The largest absolute Gasteiger partial charge is 0.313 e. The standard InChI is InChI=1S/C15H24N2/c1-3-10-16-15-7-5-4-6-14(15)13-9-8-12(2)17-11-13/h8-9,11,14-16H,3-7,10H2,1-2H3. The number of hydrogen-bond acceptors (Lipinski definition) is 2. The Morgan fingerprint density at radius 3 is 2.82 bits per heavy atom. The van der Waals surface area contributed by atoms with Gasteiger partial charge in [0.25, 0.3) is 0 Å². The zero-order chi connectivity index (χ0) is 12.1. The SMILES string of the molecule is CCCNC1CCCCC1c1ccc(C)nc1. The molecule has 0 bridgehead atoms. The maximum Gasteiger partial charge on any atom is 0.0372 e. The van der Waals surface area contributed by atoms with E-state index in [9.17, 15) is 0 Å². The first-order valence-electron chi connectivity index (χ1n) is 6.97. The molecule has 1 aromatic heterocycles. The van der Waals surface area contributed by atoms with E-state index in [2.05, 4.69) is 42.5 Å². The molecule has 1 aliphatic rings. The Bertz CT molecular complexity index is 331. The minimum absolute atomic E-state index is 0.660. The summed E-state index contributed by atoms with van der Waals surface area (Å²) >= 11 is 0. The van der Waals surface area contributed by atoms with E-state index in [1.54, 1.807) is 0 Å². The summed E-state index contributed by atoms with van der Waals surface area (Å²) in [6.45, 7) is 5.43. The first-order valence-corrected chi connectivity index (χ1v) is 6.97. The van der Waals surface area contributed by atoms with Gasteiger partial charge in [0, 0.05) is 23.9 Å². The molecule has 2 rings (SSSR count). The van der Waals surface area contributed by atoms with E-state index in [0.717, 1.165) is 12.2 Å². The molecule has 1 heterocycles. The van der Waals surface area contributed by atoms with E-state index in [0.29, 0.717) is 12.0 Å². The first kappa shape index (κ1) is 12.6. The summed E-state index contributed by atoms with van der Waals surface area (Å²) in [5, 5.41) is 3.71. The maximum absolute atomic E-state index is 4.44. The summed E-state index contributed by atoms with van der Waals surface area (Å²) in [5.74, 6) is 0.670. The smallest absolute Gasteiger partial charge is 0.0372 e. The van der Waals surface area contributed by atoms with E-state index in [4.69, 9.17) is 0 Å². The number of aryl methyl sites for hydroxylation is 1. The Balaban J connectivity index is 2.07. The van der Waals surface area contributed by atoms with Crippen molar-refractivity contribution in [2.45, 2.75) is 57.9 Å². The van der Waals surface area contributed by atoms with Gasteiger partial charge in [-0.25, -0.2) is 0 Å². The summed E-state index contributed by atoms with van der Waals surface area (Å²) in [7, 11) is 0. The molecule has 1 fully saturated rings. The van der Waals surface area contributed by atoms with E-state index in [1.165, 1.54) is 37.7 Å². The maximum atomic E-state index is 4.44. The van der Waals surface area contributed by atoms with Gasteiger partial charge >= 0.3 is 0 Å². The molecule has 2 heteroatoms. The predicted octanol–water partition coefficient (Wildman–Crippen LogP) is 3.42. The van der Waals surface area contributed by atoms with Crippen LogP contribution in [0.25, 0.3) is 0 Å². The third kappa shape index (κ3) is 3.29.